The van der Waals surface area contributed by atoms with E-state index in [4.69, 9.17) is 0 Å². The molecule has 2 nitrogen and oxygen atoms in total. The lowest BCUT2D eigenvalue weighted by Crippen LogP contribution is -2.01. The highest BCUT2D eigenvalue weighted by atomic mass is 32.2. The zero-order chi connectivity index (χ0) is 10.7. The predicted molar refractivity (Wildman–Crippen MR) is 65.0 cm³/mol. The Morgan fingerprint density at radius 1 is 1.14 bits per heavy atom. The van der Waals surface area contributed by atoms with Crippen molar-refractivity contribution in [2.75, 3.05) is 26.5 Å². The largest absolute Gasteiger partial charge is 0.387 e. The fraction of sp³-hybridized carbons (Fsp3) is 0.455. The molecule has 0 aromatic heterocycles. The minimum absolute atomic E-state index is 1.20. The molecular formula is C11H18N2S. The van der Waals surface area contributed by atoms with Gasteiger partial charge >= 0.3 is 0 Å². The van der Waals surface area contributed by atoms with Crippen molar-refractivity contribution in [2.45, 2.75) is 18.7 Å². The van der Waals surface area contributed by atoms with Gasteiger partial charge in [0.1, 0.15) is 0 Å². The van der Waals surface area contributed by atoms with Crippen LogP contribution >= 0.6 is 11.9 Å². The summed E-state index contributed by atoms with van der Waals surface area (Å²) in [6.07, 6.45) is 0. The first kappa shape index (κ1) is 11.4. The minimum Gasteiger partial charge on any atom is -0.387 e. The third-order valence-corrected chi connectivity index (χ3v) is 3.05. The number of hydrogen-bond acceptors (Lipinski definition) is 3. The van der Waals surface area contributed by atoms with Gasteiger partial charge in [0, 0.05) is 17.6 Å². The van der Waals surface area contributed by atoms with Crippen molar-refractivity contribution in [2.24, 2.45) is 0 Å². The molecule has 0 saturated carbocycles. The van der Waals surface area contributed by atoms with Crippen molar-refractivity contribution in [3.63, 3.8) is 0 Å². The van der Waals surface area contributed by atoms with Gasteiger partial charge in [0.2, 0.25) is 0 Å². The first-order chi connectivity index (χ1) is 6.54. The molecule has 78 valence electrons. The molecule has 0 unspecified atom stereocenters. The van der Waals surface area contributed by atoms with Crippen LogP contribution in [0.2, 0.25) is 0 Å². The number of nitrogens with zero attached hydrogens (tertiary/aromatic N) is 1. The van der Waals surface area contributed by atoms with Gasteiger partial charge in [0.15, 0.2) is 0 Å². The van der Waals surface area contributed by atoms with Crippen LogP contribution in [0.4, 0.5) is 5.69 Å². The topological polar surface area (TPSA) is 15.3 Å². The Labute approximate surface area is 90.8 Å². The van der Waals surface area contributed by atoms with Gasteiger partial charge in [-0.05, 0) is 63.2 Å². The van der Waals surface area contributed by atoms with Crippen LogP contribution in [0.25, 0.3) is 0 Å². The second kappa shape index (κ2) is 4.71. The molecule has 0 aliphatic rings. The van der Waals surface area contributed by atoms with Crippen molar-refractivity contribution >= 4 is 17.6 Å². The van der Waals surface area contributed by atoms with E-state index in [1.165, 1.54) is 21.7 Å². The summed E-state index contributed by atoms with van der Waals surface area (Å²) in [4.78, 5) is 1.28. The molecule has 1 aromatic carbocycles. The summed E-state index contributed by atoms with van der Waals surface area (Å²) in [5.74, 6) is 0. The van der Waals surface area contributed by atoms with E-state index in [-0.39, 0.29) is 0 Å². The normalized spacial score (nSPS) is 10.7. The molecule has 0 aliphatic carbocycles. The van der Waals surface area contributed by atoms with E-state index in [1.54, 1.807) is 11.9 Å². The Kier molecular flexibility index (Phi) is 3.84. The van der Waals surface area contributed by atoms with Gasteiger partial charge in [-0.15, -0.1) is 0 Å². The van der Waals surface area contributed by atoms with Crippen molar-refractivity contribution in [1.82, 2.24) is 4.31 Å². The van der Waals surface area contributed by atoms with Crippen LogP contribution in [0.3, 0.4) is 0 Å². The van der Waals surface area contributed by atoms with E-state index >= 15 is 0 Å². The Balaban J connectivity index is 3.07. The van der Waals surface area contributed by atoms with Crippen molar-refractivity contribution in [3.05, 3.63) is 23.3 Å². The number of hydrogen-bond donors (Lipinski definition) is 1. The summed E-state index contributed by atoms with van der Waals surface area (Å²) in [7, 11) is 6.07. The molecule has 3 heteroatoms. The van der Waals surface area contributed by atoms with Crippen molar-refractivity contribution in [3.8, 4) is 0 Å². The molecule has 1 rings (SSSR count). The molecule has 0 bridgehead atoms. The fourth-order valence-electron chi connectivity index (χ4n) is 1.26. The molecule has 0 radical (unpaired) electrons. The monoisotopic (exact) mass is 210 g/mol. The van der Waals surface area contributed by atoms with Gasteiger partial charge in [-0.3, -0.25) is 4.31 Å². The van der Waals surface area contributed by atoms with E-state index in [0.29, 0.717) is 0 Å². The average Bonchev–Trinajstić information content (AvgIpc) is 2.10. The van der Waals surface area contributed by atoms with Crippen LogP contribution in [0.1, 0.15) is 11.1 Å². The van der Waals surface area contributed by atoms with E-state index in [9.17, 15) is 0 Å². The van der Waals surface area contributed by atoms with E-state index in [1.807, 2.05) is 7.05 Å². The number of anilines is 1. The zero-order valence-corrected chi connectivity index (χ0v) is 10.3. The quantitative estimate of drug-likeness (QED) is 0.772. The predicted octanol–water partition coefficient (Wildman–Crippen LogP) is 2.91. The van der Waals surface area contributed by atoms with E-state index < -0.39 is 0 Å². The Hall–Kier alpha value is -0.670. The minimum atomic E-state index is 1.20. The summed E-state index contributed by atoms with van der Waals surface area (Å²) in [6, 6.07) is 4.42. The summed E-state index contributed by atoms with van der Waals surface area (Å²) in [6.45, 7) is 4.29. The third-order valence-electron chi connectivity index (χ3n) is 2.15. The maximum Gasteiger partial charge on any atom is 0.0491 e. The second-order valence-corrected chi connectivity index (χ2v) is 4.94. The van der Waals surface area contributed by atoms with Crippen LogP contribution in [-0.4, -0.2) is 25.4 Å². The maximum atomic E-state index is 3.22. The molecule has 14 heavy (non-hydrogen) atoms. The van der Waals surface area contributed by atoms with Crippen molar-refractivity contribution in [1.29, 1.82) is 0 Å². The fourth-order valence-corrected chi connectivity index (χ4v) is 2.14. The van der Waals surface area contributed by atoms with Crippen LogP contribution < -0.4 is 5.32 Å². The first-order valence-corrected chi connectivity index (χ1v) is 5.46. The molecule has 0 spiro atoms. The number of rotatable bonds is 3. The zero-order valence-electron chi connectivity index (χ0n) is 9.51. The van der Waals surface area contributed by atoms with Crippen LogP contribution in [0.5, 0.6) is 0 Å². The standard InChI is InChI=1S/C11H18N2S/c1-8-6-10(12-3)11(7-9(8)2)14-13(4)5/h6-7,12H,1-5H3. The van der Waals surface area contributed by atoms with Gasteiger partial charge in [-0.1, -0.05) is 0 Å². The Morgan fingerprint density at radius 3 is 2.21 bits per heavy atom. The Bertz CT molecular complexity index is 321. The molecule has 0 heterocycles. The summed E-state index contributed by atoms with van der Waals surface area (Å²) in [5.41, 5.74) is 3.87. The van der Waals surface area contributed by atoms with Gasteiger partial charge in [0.05, 0.1) is 0 Å². The SMILES string of the molecule is CNc1cc(C)c(C)cc1SN(C)C. The number of benzene rings is 1. The number of nitrogens with one attached hydrogen (secondary N) is 1. The summed E-state index contributed by atoms with van der Waals surface area (Å²) >= 11 is 1.74. The molecule has 0 aliphatic heterocycles. The molecule has 0 fully saturated rings. The molecule has 0 amide bonds. The van der Waals surface area contributed by atoms with Gasteiger partial charge in [0.25, 0.3) is 0 Å². The lowest BCUT2D eigenvalue weighted by Gasteiger charge is -2.15. The van der Waals surface area contributed by atoms with E-state index in [0.717, 1.165) is 0 Å². The lowest BCUT2D eigenvalue weighted by molar-refractivity contribution is 0.703. The van der Waals surface area contributed by atoms with Gasteiger partial charge in [-0.25, -0.2) is 0 Å². The highest BCUT2D eigenvalue weighted by Crippen LogP contribution is 2.30. The van der Waals surface area contributed by atoms with Crippen molar-refractivity contribution < 1.29 is 0 Å². The molecule has 0 atom stereocenters. The average molecular weight is 210 g/mol. The van der Waals surface area contributed by atoms with Crippen LogP contribution in [-0.2, 0) is 0 Å². The number of aryl methyl sites for hydroxylation is 2. The highest BCUT2D eigenvalue weighted by Gasteiger charge is 2.05. The first-order valence-electron chi connectivity index (χ1n) is 4.69. The molecule has 1 N–H and O–H groups in total. The molecule has 0 saturated heterocycles. The smallest absolute Gasteiger partial charge is 0.0491 e. The van der Waals surface area contributed by atoms with E-state index in [2.05, 4.69) is 49.7 Å². The highest BCUT2D eigenvalue weighted by molar-refractivity contribution is 7.97. The lowest BCUT2D eigenvalue weighted by atomic mass is 10.1. The second-order valence-electron chi connectivity index (χ2n) is 3.59. The Morgan fingerprint density at radius 2 is 1.71 bits per heavy atom. The van der Waals surface area contributed by atoms with Crippen LogP contribution in [0.15, 0.2) is 17.0 Å². The maximum absolute atomic E-state index is 3.22. The molecular weight excluding hydrogens is 192 g/mol. The van der Waals surface area contributed by atoms with Gasteiger partial charge < -0.3 is 5.32 Å². The summed E-state index contributed by atoms with van der Waals surface area (Å²) < 4.78 is 2.10. The van der Waals surface area contributed by atoms with Gasteiger partial charge in [-0.2, -0.15) is 0 Å². The summed E-state index contributed by atoms with van der Waals surface area (Å²) in [5, 5.41) is 3.22. The van der Waals surface area contributed by atoms with Crippen LogP contribution in [0, 0.1) is 13.8 Å². The molecule has 1 aromatic rings. The third kappa shape index (κ3) is 2.66.